The number of alkyl halides is 3. The van der Waals surface area contributed by atoms with Crippen LogP contribution in [0.3, 0.4) is 0 Å². The molecule has 8 heteroatoms. The van der Waals surface area contributed by atoms with E-state index in [1.165, 1.54) is 6.07 Å². The minimum Gasteiger partial charge on any atom is -0.352 e. The largest absolute Gasteiger partial charge is 0.416 e. The first-order chi connectivity index (χ1) is 12.3. The van der Waals surface area contributed by atoms with Gasteiger partial charge in [0.25, 0.3) is 0 Å². The second-order valence-corrected chi connectivity index (χ2v) is 5.72. The van der Waals surface area contributed by atoms with E-state index in [1.54, 1.807) is 32.2 Å². The lowest BCUT2D eigenvalue weighted by molar-refractivity contribution is -0.137. The van der Waals surface area contributed by atoms with Crippen molar-refractivity contribution in [1.29, 1.82) is 5.26 Å². The maximum Gasteiger partial charge on any atom is 0.416 e. The van der Waals surface area contributed by atoms with Crippen LogP contribution in [-0.2, 0) is 12.7 Å². The normalized spacial score (nSPS) is 12.5. The molecule has 1 unspecified atom stereocenters. The summed E-state index contributed by atoms with van der Waals surface area (Å²) in [6, 6.07) is 14.0. The molecule has 2 aromatic rings. The van der Waals surface area contributed by atoms with E-state index < -0.39 is 11.7 Å². The van der Waals surface area contributed by atoms with Gasteiger partial charge in [0, 0.05) is 13.6 Å². The van der Waals surface area contributed by atoms with Crippen molar-refractivity contribution in [3.63, 3.8) is 0 Å². The lowest BCUT2D eigenvalue weighted by Gasteiger charge is -2.19. The Kier molecular flexibility index (Phi) is 8.56. The first-order valence-electron chi connectivity index (χ1n) is 7.97. The van der Waals surface area contributed by atoms with Crippen molar-refractivity contribution in [2.24, 2.45) is 4.99 Å². The average molecular weight is 488 g/mol. The SMILES string of the molecule is CN=C(NCc1ccc(C#N)cc1)NC(C)c1cccc(C(F)(F)F)c1.I. The van der Waals surface area contributed by atoms with E-state index in [9.17, 15) is 13.2 Å². The number of nitrogens with one attached hydrogen (secondary N) is 2. The predicted molar refractivity (Wildman–Crippen MR) is 110 cm³/mol. The highest BCUT2D eigenvalue weighted by atomic mass is 127. The fraction of sp³-hybridized carbons (Fsp3) is 0.263. The molecule has 0 aliphatic heterocycles. The first-order valence-corrected chi connectivity index (χ1v) is 7.97. The van der Waals surface area contributed by atoms with Gasteiger partial charge in [-0.15, -0.1) is 24.0 Å². The van der Waals surface area contributed by atoms with Crippen LogP contribution in [-0.4, -0.2) is 13.0 Å². The molecule has 2 N–H and O–H groups in total. The molecule has 0 aliphatic carbocycles. The standard InChI is InChI=1S/C19H19F3N4.HI/c1-13(16-4-3-5-17(10-16)19(20,21)22)26-18(24-2)25-12-15-8-6-14(11-23)7-9-15;/h3-10,13H,12H2,1-2H3,(H2,24,25,26);1H. The predicted octanol–water partition coefficient (Wildman–Crippen LogP) is 4.62. The van der Waals surface area contributed by atoms with Crippen LogP contribution < -0.4 is 10.6 Å². The van der Waals surface area contributed by atoms with Crippen molar-refractivity contribution >= 4 is 29.9 Å². The summed E-state index contributed by atoms with van der Waals surface area (Å²) in [4.78, 5) is 4.09. The summed E-state index contributed by atoms with van der Waals surface area (Å²) >= 11 is 0. The van der Waals surface area contributed by atoms with Gasteiger partial charge in [0.05, 0.1) is 23.2 Å². The Morgan fingerprint density at radius 2 is 1.85 bits per heavy atom. The molecule has 2 rings (SSSR count). The number of nitrogens with zero attached hydrogens (tertiary/aromatic N) is 2. The van der Waals surface area contributed by atoms with Gasteiger partial charge < -0.3 is 10.6 Å². The molecule has 0 fully saturated rings. The molecular weight excluding hydrogens is 468 g/mol. The second-order valence-electron chi connectivity index (χ2n) is 5.72. The fourth-order valence-corrected chi connectivity index (χ4v) is 2.35. The second kappa shape index (κ2) is 10.2. The number of hydrogen-bond donors (Lipinski definition) is 2. The van der Waals surface area contributed by atoms with Crippen LogP contribution in [0.4, 0.5) is 13.2 Å². The van der Waals surface area contributed by atoms with Gasteiger partial charge in [-0.25, -0.2) is 0 Å². The summed E-state index contributed by atoms with van der Waals surface area (Å²) < 4.78 is 38.5. The lowest BCUT2D eigenvalue weighted by atomic mass is 10.1. The summed E-state index contributed by atoms with van der Waals surface area (Å²) in [6.45, 7) is 2.24. The van der Waals surface area contributed by atoms with E-state index in [4.69, 9.17) is 5.26 Å². The van der Waals surface area contributed by atoms with Crippen molar-refractivity contribution in [2.45, 2.75) is 25.7 Å². The van der Waals surface area contributed by atoms with Crippen LogP contribution in [0.2, 0.25) is 0 Å². The van der Waals surface area contributed by atoms with E-state index >= 15 is 0 Å². The van der Waals surface area contributed by atoms with Crippen molar-refractivity contribution in [2.75, 3.05) is 7.05 Å². The number of benzene rings is 2. The molecule has 0 aromatic heterocycles. The van der Waals surface area contributed by atoms with Crippen LogP contribution in [0.1, 0.15) is 35.2 Å². The van der Waals surface area contributed by atoms with Crippen LogP contribution >= 0.6 is 24.0 Å². The molecule has 27 heavy (non-hydrogen) atoms. The third-order valence-electron chi connectivity index (χ3n) is 3.83. The molecular formula is C19H20F3IN4. The third kappa shape index (κ3) is 6.75. The van der Waals surface area contributed by atoms with Crippen LogP contribution in [0.15, 0.2) is 53.5 Å². The van der Waals surface area contributed by atoms with E-state index in [-0.39, 0.29) is 30.0 Å². The molecule has 0 radical (unpaired) electrons. The Labute approximate surface area is 173 Å². The number of nitriles is 1. The Balaban J connectivity index is 0.00000364. The van der Waals surface area contributed by atoms with Gasteiger partial charge in [-0.05, 0) is 42.3 Å². The molecule has 0 saturated carbocycles. The van der Waals surface area contributed by atoms with E-state index in [0.29, 0.717) is 23.6 Å². The highest BCUT2D eigenvalue weighted by Crippen LogP contribution is 2.30. The van der Waals surface area contributed by atoms with Crippen LogP contribution in [0.5, 0.6) is 0 Å². The first kappa shape index (κ1) is 22.8. The van der Waals surface area contributed by atoms with Gasteiger partial charge in [0.1, 0.15) is 0 Å². The van der Waals surface area contributed by atoms with Crippen molar-refractivity contribution in [3.8, 4) is 6.07 Å². The zero-order valence-corrected chi connectivity index (χ0v) is 17.2. The molecule has 1 atom stereocenters. The van der Waals surface area contributed by atoms with Gasteiger partial charge in [-0.1, -0.05) is 24.3 Å². The average Bonchev–Trinajstić information content (AvgIpc) is 2.64. The molecule has 4 nitrogen and oxygen atoms in total. The van der Waals surface area contributed by atoms with Crippen molar-refractivity contribution in [3.05, 3.63) is 70.8 Å². The summed E-state index contributed by atoms with van der Waals surface area (Å²) in [6.07, 6.45) is -4.37. The topological polar surface area (TPSA) is 60.2 Å². The monoisotopic (exact) mass is 488 g/mol. The Hall–Kier alpha value is -2.28. The van der Waals surface area contributed by atoms with Crippen molar-refractivity contribution < 1.29 is 13.2 Å². The number of hydrogen-bond acceptors (Lipinski definition) is 2. The van der Waals surface area contributed by atoms with Crippen LogP contribution in [0.25, 0.3) is 0 Å². The maximum atomic E-state index is 12.8. The molecule has 0 aliphatic rings. The minimum atomic E-state index is -4.37. The number of aliphatic imine (C=N–C) groups is 1. The summed E-state index contributed by atoms with van der Waals surface area (Å²) in [5.41, 5.74) is 1.37. The fourth-order valence-electron chi connectivity index (χ4n) is 2.35. The summed E-state index contributed by atoms with van der Waals surface area (Å²) in [7, 11) is 1.59. The van der Waals surface area contributed by atoms with Gasteiger partial charge >= 0.3 is 6.18 Å². The summed E-state index contributed by atoms with van der Waals surface area (Å²) in [5, 5.41) is 15.0. The molecule has 0 amide bonds. The molecule has 2 aromatic carbocycles. The van der Waals surface area contributed by atoms with Gasteiger partial charge in [0.2, 0.25) is 0 Å². The number of guanidine groups is 1. The van der Waals surface area contributed by atoms with Crippen LogP contribution in [0, 0.1) is 11.3 Å². The van der Waals surface area contributed by atoms with Gasteiger partial charge in [0.15, 0.2) is 5.96 Å². The van der Waals surface area contributed by atoms with Gasteiger partial charge in [-0.2, -0.15) is 18.4 Å². The van der Waals surface area contributed by atoms with E-state index in [2.05, 4.69) is 21.7 Å². The molecule has 0 spiro atoms. The maximum absolute atomic E-state index is 12.8. The zero-order chi connectivity index (χ0) is 19.2. The lowest BCUT2D eigenvalue weighted by Crippen LogP contribution is -2.38. The highest BCUT2D eigenvalue weighted by Gasteiger charge is 2.30. The molecule has 0 saturated heterocycles. The van der Waals surface area contributed by atoms with E-state index in [0.717, 1.165) is 17.7 Å². The Morgan fingerprint density at radius 1 is 1.19 bits per heavy atom. The Bertz CT molecular complexity index is 811. The quantitative estimate of drug-likeness (QED) is 0.375. The van der Waals surface area contributed by atoms with E-state index in [1.807, 2.05) is 12.1 Å². The molecule has 144 valence electrons. The molecule has 0 bridgehead atoms. The third-order valence-corrected chi connectivity index (χ3v) is 3.83. The highest BCUT2D eigenvalue weighted by molar-refractivity contribution is 14.0. The molecule has 0 heterocycles. The van der Waals surface area contributed by atoms with Crippen molar-refractivity contribution in [1.82, 2.24) is 10.6 Å². The minimum absolute atomic E-state index is 0. The Morgan fingerprint density at radius 3 is 2.41 bits per heavy atom. The smallest absolute Gasteiger partial charge is 0.352 e. The number of halogens is 4. The summed E-state index contributed by atoms with van der Waals surface area (Å²) in [5.74, 6) is 0.472. The van der Waals surface area contributed by atoms with Gasteiger partial charge in [-0.3, -0.25) is 4.99 Å². The zero-order valence-electron chi connectivity index (χ0n) is 14.8. The number of rotatable bonds is 4.